The van der Waals surface area contributed by atoms with Gasteiger partial charge in [-0.25, -0.2) is 9.13 Å². The van der Waals surface area contributed by atoms with Crippen LogP contribution in [-0.2, 0) is 55.8 Å². The molecule has 0 radical (unpaired) electrons. The number of hydrogen-bond acceptors (Lipinski definition) is 14. The molecule has 0 aromatic rings. The zero-order valence-electron chi connectivity index (χ0n) is 67.8. The van der Waals surface area contributed by atoms with Crippen molar-refractivity contribution in [2.24, 2.45) is 0 Å². The molecule has 618 valence electrons. The number of ether oxygens (including phenoxy) is 3. The highest BCUT2D eigenvalue weighted by Gasteiger charge is 2.29. The van der Waals surface area contributed by atoms with E-state index in [2.05, 4.69) is 142 Å². The number of carbonyl (C=O) groups is 3. The Labute approximate surface area is 653 Å². The third-order valence-corrected chi connectivity index (χ3v) is 20.0. The Hall–Kier alpha value is -4.05. The number of phosphoric acid groups is 2. The molecule has 0 saturated heterocycles. The summed E-state index contributed by atoms with van der Waals surface area (Å²) < 4.78 is 61.3. The van der Waals surface area contributed by atoms with Crippen molar-refractivity contribution in [3.8, 4) is 0 Å². The molecule has 0 saturated carbocycles. The van der Waals surface area contributed by atoms with Crippen molar-refractivity contribution in [3.05, 3.63) is 122 Å². The monoisotopic (exact) mass is 1540 g/mol. The zero-order valence-corrected chi connectivity index (χ0v) is 69.6. The van der Waals surface area contributed by atoms with Gasteiger partial charge >= 0.3 is 33.6 Å². The highest BCUT2D eigenvalue weighted by atomic mass is 31.2. The molecule has 16 nitrogen and oxygen atoms in total. The smallest absolute Gasteiger partial charge is 0.463 e. The number of hydrogen-bond donors (Lipinski definition) is 4. The maximum absolute atomic E-state index is 13.0. The standard InChI is InChI=1S/C89H156O16P2/c1-4-7-10-13-16-19-22-25-28-30-32-34-36-38-39-40-41-42-43-45-47-48-50-52-55-57-60-63-66-69-72-75-87(92)99-78-84(90)79-101-106(95,96)102-80-85(91)81-103-107(97,98)104-83-86(105-89(94)77-74-71-68-65-62-59-54-27-24-21-18-15-12-9-6-3)82-100-88(93)76-73-70-67-64-61-58-56-53-51-49-46-44-37-35-33-31-29-26-23-20-17-14-11-8-5-2/h7,10,16-17,19-20,25-29,32-35,38-39,44,46,54,84-86,90-91H,4-6,8-9,11-15,18,21-24,30-31,36-37,40-43,45,47-53,55-83H2,1-3H3,(H,95,96)(H,97,98)/b10-7-,19-16-,20-17-,28-25-,29-26-,34-32-,35-33-,39-38-,46-44-,54-27-. The van der Waals surface area contributed by atoms with E-state index in [4.69, 9.17) is 32.3 Å². The quantitative estimate of drug-likeness (QED) is 0.0146. The van der Waals surface area contributed by atoms with Crippen molar-refractivity contribution in [1.82, 2.24) is 0 Å². The van der Waals surface area contributed by atoms with E-state index in [9.17, 15) is 43.5 Å². The summed E-state index contributed by atoms with van der Waals surface area (Å²) in [7, 11) is -9.80. The van der Waals surface area contributed by atoms with Crippen molar-refractivity contribution >= 4 is 33.6 Å². The van der Waals surface area contributed by atoms with Crippen LogP contribution in [0.4, 0.5) is 0 Å². The molecule has 0 heterocycles. The number of unbranched alkanes of at least 4 members (excludes halogenated alkanes) is 38. The molecule has 0 aromatic heterocycles. The third kappa shape index (κ3) is 82.7. The molecule has 107 heavy (non-hydrogen) atoms. The van der Waals surface area contributed by atoms with Crippen LogP contribution in [0, 0.1) is 0 Å². The summed E-state index contributed by atoms with van der Waals surface area (Å²) in [4.78, 5) is 58.8. The van der Waals surface area contributed by atoms with Gasteiger partial charge in [-0.15, -0.1) is 0 Å². The summed E-state index contributed by atoms with van der Waals surface area (Å²) in [6.07, 6.45) is 98.2. The number of aliphatic hydroxyl groups is 2. The number of allylic oxidation sites excluding steroid dienone is 20. The van der Waals surface area contributed by atoms with Gasteiger partial charge in [-0.1, -0.05) is 335 Å². The van der Waals surface area contributed by atoms with Gasteiger partial charge in [0.15, 0.2) is 6.10 Å². The lowest BCUT2D eigenvalue weighted by atomic mass is 10.0. The first-order chi connectivity index (χ1) is 52.2. The fourth-order valence-corrected chi connectivity index (χ4v) is 13.2. The molecule has 0 aliphatic heterocycles. The fourth-order valence-electron chi connectivity index (χ4n) is 11.6. The van der Waals surface area contributed by atoms with Crippen molar-refractivity contribution in [2.45, 2.75) is 386 Å². The highest BCUT2D eigenvalue weighted by Crippen LogP contribution is 2.45. The van der Waals surface area contributed by atoms with Gasteiger partial charge in [0.05, 0.1) is 26.4 Å². The molecule has 0 bridgehead atoms. The number of esters is 3. The summed E-state index contributed by atoms with van der Waals surface area (Å²) in [5.74, 6) is -1.58. The van der Waals surface area contributed by atoms with Crippen LogP contribution in [0.15, 0.2) is 122 Å². The fraction of sp³-hybridized carbons (Fsp3) is 0.742. The van der Waals surface area contributed by atoms with Gasteiger partial charge in [-0.2, -0.15) is 0 Å². The van der Waals surface area contributed by atoms with E-state index in [0.29, 0.717) is 19.3 Å². The second kappa shape index (κ2) is 81.4. The average Bonchev–Trinajstić information content (AvgIpc) is 0.906. The van der Waals surface area contributed by atoms with E-state index in [1.54, 1.807) is 0 Å². The van der Waals surface area contributed by atoms with Gasteiger partial charge in [0.25, 0.3) is 0 Å². The molecule has 0 aliphatic rings. The molecular formula is C89H156O16P2. The molecule has 0 aliphatic carbocycles. The van der Waals surface area contributed by atoms with E-state index in [-0.39, 0.29) is 19.3 Å². The Kier molecular flexibility index (Phi) is 78.4. The predicted octanol–water partition coefficient (Wildman–Crippen LogP) is 25.7. The van der Waals surface area contributed by atoms with Gasteiger partial charge < -0.3 is 34.2 Å². The third-order valence-electron chi connectivity index (χ3n) is 18.1. The Balaban J connectivity index is 4.49. The predicted molar refractivity (Wildman–Crippen MR) is 445 cm³/mol. The van der Waals surface area contributed by atoms with Crippen LogP contribution in [0.3, 0.4) is 0 Å². The first-order valence-electron chi connectivity index (χ1n) is 42.8. The first kappa shape index (κ1) is 103. The largest absolute Gasteiger partial charge is 0.472 e. The van der Waals surface area contributed by atoms with Gasteiger partial charge in [-0.3, -0.25) is 32.5 Å². The van der Waals surface area contributed by atoms with Crippen LogP contribution in [0.1, 0.15) is 367 Å². The summed E-state index contributed by atoms with van der Waals surface area (Å²) in [5.41, 5.74) is 0. The normalized spacial score (nSPS) is 14.5. The Morgan fingerprint density at radius 2 is 0.495 bits per heavy atom. The number of carbonyl (C=O) groups excluding carboxylic acids is 3. The molecule has 5 unspecified atom stereocenters. The van der Waals surface area contributed by atoms with Crippen LogP contribution in [0.5, 0.6) is 0 Å². The molecule has 0 fully saturated rings. The molecule has 0 spiro atoms. The average molecular weight is 1540 g/mol. The van der Waals surface area contributed by atoms with Crippen LogP contribution in [-0.4, -0.2) is 95.9 Å². The van der Waals surface area contributed by atoms with Crippen molar-refractivity contribution in [2.75, 3.05) is 39.6 Å². The summed E-state index contributed by atoms with van der Waals surface area (Å²) in [5, 5.41) is 20.7. The van der Waals surface area contributed by atoms with Crippen LogP contribution in [0.2, 0.25) is 0 Å². The second-order valence-electron chi connectivity index (χ2n) is 28.6. The van der Waals surface area contributed by atoms with Gasteiger partial charge in [0, 0.05) is 19.3 Å². The summed E-state index contributed by atoms with van der Waals surface area (Å²) >= 11 is 0. The molecular weight excluding hydrogens is 1390 g/mol. The van der Waals surface area contributed by atoms with E-state index in [0.717, 1.165) is 141 Å². The Morgan fingerprint density at radius 3 is 0.813 bits per heavy atom. The van der Waals surface area contributed by atoms with Crippen molar-refractivity contribution in [1.29, 1.82) is 0 Å². The highest BCUT2D eigenvalue weighted by molar-refractivity contribution is 7.47. The molecule has 18 heteroatoms. The lowest BCUT2D eigenvalue weighted by Crippen LogP contribution is -2.30. The lowest BCUT2D eigenvalue weighted by molar-refractivity contribution is -0.161. The summed E-state index contributed by atoms with van der Waals surface area (Å²) in [6, 6.07) is 0. The van der Waals surface area contributed by atoms with Crippen molar-refractivity contribution < 1.29 is 75.8 Å². The van der Waals surface area contributed by atoms with E-state index >= 15 is 0 Å². The molecule has 0 rings (SSSR count). The van der Waals surface area contributed by atoms with E-state index in [1.165, 1.54) is 167 Å². The molecule has 4 N–H and O–H groups in total. The van der Waals surface area contributed by atoms with E-state index in [1.807, 2.05) is 0 Å². The number of rotatable bonds is 81. The number of aliphatic hydroxyl groups excluding tert-OH is 2. The van der Waals surface area contributed by atoms with Crippen LogP contribution >= 0.6 is 15.6 Å². The summed E-state index contributed by atoms with van der Waals surface area (Å²) in [6.45, 7) is 2.56. The van der Waals surface area contributed by atoms with E-state index < -0.39 is 91.5 Å². The Bertz CT molecular complexity index is 2430. The Morgan fingerprint density at radius 1 is 0.271 bits per heavy atom. The second-order valence-corrected chi connectivity index (χ2v) is 31.5. The molecule has 5 atom stereocenters. The van der Waals surface area contributed by atoms with Gasteiger partial charge in [-0.05, 0) is 135 Å². The molecule has 0 aromatic carbocycles. The van der Waals surface area contributed by atoms with Crippen LogP contribution < -0.4 is 0 Å². The molecule has 0 amide bonds. The lowest BCUT2D eigenvalue weighted by Gasteiger charge is -2.21. The maximum atomic E-state index is 13.0. The van der Waals surface area contributed by atoms with Crippen LogP contribution in [0.25, 0.3) is 0 Å². The maximum Gasteiger partial charge on any atom is 0.472 e. The van der Waals surface area contributed by atoms with Gasteiger partial charge in [0.1, 0.15) is 25.4 Å². The minimum atomic E-state index is -4.94. The van der Waals surface area contributed by atoms with Crippen molar-refractivity contribution in [3.63, 3.8) is 0 Å². The first-order valence-corrected chi connectivity index (χ1v) is 45.8. The topological polar surface area (TPSA) is 231 Å². The zero-order chi connectivity index (χ0) is 78.0. The SMILES string of the molecule is CC/C=C\C/C=C\C/C=C\C/C=C\C/C=C\CCCCCCCCCCCCCCCCCC(=O)OCC(O)COP(=O)(O)OCC(O)COP(=O)(O)OCC(COC(=O)CCCCCCCCCCC/C=C\C/C=C\C/C=C\C/C=C\CCCCC)OC(=O)CCCCCCC/C=C\CCCCCCCC. The minimum Gasteiger partial charge on any atom is -0.463 e. The minimum absolute atomic E-state index is 0.0934. The number of phosphoric ester groups is 2. The van der Waals surface area contributed by atoms with Gasteiger partial charge in [0.2, 0.25) is 0 Å².